The van der Waals surface area contributed by atoms with Gasteiger partial charge in [0.25, 0.3) is 0 Å². The number of anilines is 1. The summed E-state index contributed by atoms with van der Waals surface area (Å²) >= 11 is 5.86. The van der Waals surface area contributed by atoms with E-state index >= 15 is 0 Å². The lowest BCUT2D eigenvalue weighted by molar-refractivity contribution is -0.118. The monoisotopic (exact) mass is 330 g/mol. The number of hydrogen-bond acceptors (Lipinski definition) is 3. The minimum Gasteiger partial charge on any atom is -0.373 e. The predicted octanol–water partition coefficient (Wildman–Crippen LogP) is 2.02. The molecule has 1 amide bonds. The number of aromatic amines is 2. The maximum Gasteiger partial charge on any atom is 0.323 e. The average Bonchev–Trinajstić information content (AvgIpc) is 2.88. The molecule has 0 aliphatic carbocycles. The highest BCUT2D eigenvalue weighted by Gasteiger charge is 2.16. The van der Waals surface area contributed by atoms with E-state index < -0.39 is 11.9 Å². The van der Waals surface area contributed by atoms with Crippen molar-refractivity contribution in [1.29, 1.82) is 0 Å². The van der Waals surface area contributed by atoms with Crippen molar-refractivity contribution in [3.8, 4) is 0 Å². The van der Waals surface area contributed by atoms with E-state index in [-0.39, 0.29) is 5.69 Å². The number of fused-ring (bicyclic) bond motifs is 1. The zero-order chi connectivity index (χ0) is 16.4. The number of imidazole rings is 1. The third-order valence-electron chi connectivity index (χ3n) is 3.55. The SMILES string of the molecule is NC(=O)C(Cc1ccc(Cl)cc1)Nc1ccc2[nH]c(=O)[nH]c2c1. The summed E-state index contributed by atoms with van der Waals surface area (Å²) in [5, 5.41) is 3.74. The molecule has 2 aromatic carbocycles. The van der Waals surface area contributed by atoms with Gasteiger partial charge < -0.3 is 21.0 Å². The Hall–Kier alpha value is -2.73. The molecule has 0 radical (unpaired) electrons. The number of halogens is 1. The lowest BCUT2D eigenvalue weighted by Crippen LogP contribution is -2.37. The van der Waals surface area contributed by atoms with Crippen molar-refractivity contribution in [3.63, 3.8) is 0 Å². The van der Waals surface area contributed by atoms with E-state index in [1.165, 1.54) is 0 Å². The van der Waals surface area contributed by atoms with E-state index in [9.17, 15) is 9.59 Å². The van der Waals surface area contributed by atoms with Gasteiger partial charge in [-0.1, -0.05) is 23.7 Å². The minimum absolute atomic E-state index is 0.273. The normalized spacial score (nSPS) is 12.2. The number of benzene rings is 2. The molecule has 0 saturated carbocycles. The van der Waals surface area contributed by atoms with Gasteiger partial charge in [0.1, 0.15) is 6.04 Å². The molecular weight excluding hydrogens is 316 g/mol. The molecule has 0 spiro atoms. The Morgan fingerprint density at radius 1 is 1.13 bits per heavy atom. The van der Waals surface area contributed by atoms with Gasteiger partial charge in [0.05, 0.1) is 11.0 Å². The van der Waals surface area contributed by atoms with E-state index in [1.807, 2.05) is 12.1 Å². The second-order valence-corrected chi connectivity index (χ2v) is 5.71. The highest BCUT2D eigenvalue weighted by atomic mass is 35.5. The molecule has 1 unspecified atom stereocenters. The highest BCUT2D eigenvalue weighted by Crippen LogP contribution is 2.17. The van der Waals surface area contributed by atoms with Crippen LogP contribution in [-0.4, -0.2) is 21.9 Å². The van der Waals surface area contributed by atoms with Crippen LogP contribution in [0.5, 0.6) is 0 Å². The smallest absolute Gasteiger partial charge is 0.323 e. The number of amides is 1. The second-order valence-electron chi connectivity index (χ2n) is 5.27. The number of nitrogens with two attached hydrogens (primary N) is 1. The maximum atomic E-state index is 11.7. The van der Waals surface area contributed by atoms with E-state index in [4.69, 9.17) is 17.3 Å². The van der Waals surface area contributed by atoms with E-state index in [0.717, 1.165) is 5.56 Å². The summed E-state index contributed by atoms with van der Waals surface area (Å²) < 4.78 is 0. The van der Waals surface area contributed by atoms with Crippen molar-refractivity contribution < 1.29 is 4.79 Å². The van der Waals surface area contributed by atoms with Crippen molar-refractivity contribution in [1.82, 2.24) is 9.97 Å². The van der Waals surface area contributed by atoms with Crippen LogP contribution >= 0.6 is 11.6 Å². The van der Waals surface area contributed by atoms with Gasteiger partial charge in [-0.2, -0.15) is 0 Å². The largest absolute Gasteiger partial charge is 0.373 e. The standard InChI is InChI=1S/C16H15ClN4O2/c17-10-3-1-9(2-4-10)7-14(15(18)22)19-11-5-6-12-13(8-11)21-16(23)20-12/h1-6,8,14,19H,7H2,(H2,18,22)(H2,20,21,23). The molecule has 0 fully saturated rings. The molecule has 5 N–H and O–H groups in total. The van der Waals surface area contributed by atoms with Gasteiger partial charge in [-0.15, -0.1) is 0 Å². The van der Waals surface area contributed by atoms with Crippen LogP contribution in [0, 0.1) is 0 Å². The molecule has 3 rings (SSSR count). The molecule has 0 aliphatic heterocycles. The summed E-state index contributed by atoms with van der Waals surface area (Å²) in [4.78, 5) is 28.3. The summed E-state index contributed by atoms with van der Waals surface area (Å²) in [7, 11) is 0. The van der Waals surface area contributed by atoms with Crippen LogP contribution in [0.3, 0.4) is 0 Å². The van der Waals surface area contributed by atoms with Crippen molar-refractivity contribution >= 4 is 34.2 Å². The van der Waals surface area contributed by atoms with Gasteiger partial charge in [-0.3, -0.25) is 4.79 Å². The van der Waals surface area contributed by atoms with Crippen LogP contribution in [0.25, 0.3) is 11.0 Å². The van der Waals surface area contributed by atoms with Gasteiger partial charge in [0.15, 0.2) is 0 Å². The number of rotatable bonds is 5. The lowest BCUT2D eigenvalue weighted by Gasteiger charge is -2.17. The predicted molar refractivity (Wildman–Crippen MR) is 90.7 cm³/mol. The lowest BCUT2D eigenvalue weighted by atomic mass is 10.1. The Labute approximate surface area is 136 Å². The fourth-order valence-electron chi connectivity index (χ4n) is 2.40. The molecule has 1 atom stereocenters. The Kier molecular flexibility index (Phi) is 4.08. The first-order valence-corrected chi connectivity index (χ1v) is 7.41. The summed E-state index contributed by atoms with van der Waals surface area (Å²) in [6, 6.07) is 12.0. The molecule has 3 aromatic rings. The number of H-pyrrole nitrogens is 2. The fraction of sp³-hybridized carbons (Fsp3) is 0.125. The molecule has 7 heteroatoms. The van der Waals surface area contributed by atoms with Crippen molar-refractivity contribution in [2.24, 2.45) is 5.73 Å². The molecule has 0 bridgehead atoms. The number of hydrogen-bond donors (Lipinski definition) is 4. The van der Waals surface area contributed by atoms with E-state index in [0.29, 0.717) is 28.2 Å². The Morgan fingerprint density at radius 3 is 2.52 bits per heavy atom. The Morgan fingerprint density at radius 2 is 1.83 bits per heavy atom. The number of carbonyl (C=O) groups excluding carboxylic acids is 1. The third kappa shape index (κ3) is 3.54. The second kappa shape index (κ2) is 6.18. The van der Waals surface area contributed by atoms with Crippen LogP contribution in [0.2, 0.25) is 5.02 Å². The first-order chi connectivity index (χ1) is 11.0. The number of primary amides is 1. The fourth-order valence-corrected chi connectivity index (χ4v) is 2.53. The van der Waals surface area contributed by atoms with Crippen LogP contribution < -0.4 is 16.7 Å². The minimum atomic E-state index is -0.570. The van der Waals surface area contributed by atoms with Crippen LogP contribution in [0.1, 0.15) is 5.56 Å². The first kappa shape index (κ1) is 15.2. The van der Waals surface area contributed by atoms with E-state index in [2.05, 4.69) is 15.3 Å². The third-order valence-corrected chi connectivity index (χ3v) is 3.81. The zero-order valence-corrected chi connectivity index (χ0v) is 12.9. The van der Waals surface area contributed by atoms with Crippen LogP contribution in [0.4, 0.5) is 5.69 Å². The number of aromatic nitrogens is 2. The van der Waals surface area contributed by atoms with Gasteiger partial charge in [-0.05, 0) is 35.9 Å². The van der Waals surface area contributed by atoms with Gasteiger partial charge >= 0.3 is 5.69 Å². The number of nitrogens with one attached hydrogen (secondary N) is 3. The van der Waals surface area contributed by atoms with Crippen molar-refractivity contribution in [2.75, 3.05) is 5.32 Å². The molecule has 23 heavy (non-hydrogen) atoms. The molecule has 0 saturated heterocycles. The first-order valence-electron chi connectivity index (χ1n) is 7.03. The topological polar surface area (TPSA) is 104 Å². The average molecular weight is 331 g/mol. The van der Waals surface area contributed by atoms with Crippen molar-refractivity contribution in [3.05, 3.63) is 63.5 Å². The molecule has 1 aromatic heterocycles. The quantitative estimate of drug-likeness (QED) is 0.575. The summed E-state index contributed by atoms with van der Waals surface area (Å²) in [6.45, 7) is 0. The van der Waals surface area contributed by atoms with Gasteiger partial charge in [0, 0.05) is 17.1 Å². The van der Waals surface area contributed by atoms with E-state index in [1.54, 1.807) is 30.3 Å². The maximum absolute atomic E-state index is 11.7. The Bertz CT molecular complexity index is 898. The van der Waals surface area contributed by atoms with Gasteiger partial charge in [0.2, 0.25) is 5.91 Å². The number of carbonyl (C=O) groups is 1. The molecular formula is C16H15ClN4O2. The summed E-state index contributed by atoms with van der Waals surface area (Å²) in [6.07, 6.45) is 0.439. The van der Waals surface area contributed by atoms with Crippen molar-refractivity contribution in [2.45, 2.75) is 12.5 Å². The summed E-state index contributed by atoms with van der Waals surface area (Å²) in [5.74, 6) is -0.456. The van der Waals surface area contributed by atoms with Gasteiger partial charge in [-0.25, -0.2) is 4.79 Å². The van der Waals surface area contributed by atoms with Crippen LogP contribution in [-0.2, 0) is 11.2 Å². The Balaban J connectivity index is 1.81. The summed E-state index contributed by atoms with van der Waals surface area (Å²) in [5.41, 5.74) is 8.22. The molecule has 6 nitrogen and oxygen atoms in total. The molecule has 118 valence electrons. The molecule has 0 aliphatic rings. The van der Waals surface area contributed by atoms with Crippen LogP contribution in [0.15, 0.2) is 47.3 Å². The zero-order valence-electron chi connectivity index (χ0n) is 12.1. The molecule has 1 heterocycles. The highest BCUT2D eigenvalue weighted by molar-refractivity contribution is 6.30.